The van der Waals surface area contributed by atoms with E-state index in [0.29, 0.717) is 0 Å². The summed E-state index contributed by atoms with van der Waals surface area (Å²) >= 11 is 7.72. The first-order valence-corrected chi connectivity index (χ1v) is 8.66. The Labute approximate surface area is 131 Å². The molecule has 0 aliphatic rings. The van der Waals surface area contributed by atoms with Crippen LogP contribution in [0.2, 0.25) is 0 Å². The van der Waals surface area contributed by atoms with E-state index in [-0.39, 0.29) is 0 Å². The minimum Gasteiger partial charge on any atom is -0.494 e. The molecule has 0 radical (unpaired) electrons. The first-order chi connectivity index (χ1) is 9.24. The second-order valence-corrected chi connectivity index (χ2v) is 6.26. The van der Waals surface area contributed by atoms with Crippen LogP contribution in [0, 0.1) is 6.92 Å². The van der Waals surface area contributed by atoms with Crippen LogP contribution in [-0.2, 0) is 0 Å². The predicted octanol–water partition coefficient (Wildman–Crippen LogP) is 5.80. The molecule has 0 aliphatic carbocycles. The number of rotatable bonds is 10. The van der Waals surface area contributed by atoms with E-state index in [2.05, 4.69) is 41.5 Å². The number of hydrogen-bond donors (Lipinski definition) is 1. The molecule has 0 saturated carbocycles. The van der Waals surface area contributed by atoms with Crippen LogP contribution in [0.5, 0.6) is 5.75 Å². The Kier molecular flexibility index (Phi) is 9.44. The van der Waals surface area contributed by atoms with Crippen molar-refractivity contribution in [2.45, 2.75) is 51.9 Å². The number of ether oxygens (including phenoxy) is 1. The highest BCUT2D eigenvalue weighted by molar-refractivity contribution is 9.10. The van der Waals surface area contributed by atoms with Gasteiger partial charge in [-0.15, -0.1) is 0 Å². The Morgan fingerprint density at radius 2 is 1.63 bits per heavy atom. The van der Waals surface area contributed by atoms with Gasteiger partial charge in [0, 0.05) is 4.47 Å². The molecule has 0 amide bonds. The lowest BCUT2D eigenvalue weighted by molar-refractivity contribution is 0.304. The summed E-state index contributed by atoms with van der Waals surface area (Å²) in [4.78, 5) is 0. The largest absolute Gasteiger partial charge is 0.494 e. The Hall–Kier alpha value is -0.150. The summed E-state index contributed by atoms with van der Waals surface area (Å²) in [5.41, 5.74) is 1.22. The van der Waals surface area contributed by atoms with Crippen LogP contribution in [0.15, 0.2) is 22.7 Å². The Bertz CT molecular complexity index is 355. The van der Waals surface area contributed by atoms with Crippen molar-refractivity contribution < 1.29 is 4.74 Å². The molecule has 0 fully saturated rings. The fourth-order valence-electron chi connectivity index (χ4n) is 1.99. The summed E-state index contributed by atoms with van der Waals surface area (Å²) in [6.07, 6.45) is 9.05. The average Bonchev–Trinajstić information content (AvgIpc) is 2.41. The van der Waals surface area contributed by atoms with Crippen LogP contribution in [0.4, 0.5) is 0 Å². The highest BCUT2D eigenvalue weighted by Gasteiger charge is 1.98. The highest BCUT2D eigenvalue weighted by Crippen LogP contribution is 2.21. The number of benzene rings is 1. The van der Waals surface area contributed by atoms with E-state index in [9.17, 15) is 0 Å². The number of hydrogen-bond acceptors (Lipinski definition) is 2. The number of unbranched alkanes of at least 4 members (excludes halogenated alkanes) is 6. The van der Waals surface area contributed by atoms with Crippen molar-refractivity contribution in [2.24, 2.45) is 0 Å². The zero-order valence-corrected chi connectivity index (χ0v) is 14.3. The van der Waals surface area contributed by atoms with Crippen LogP contribution in [0.25, 0.3) is 0 Å². The molecular formula is C16H25BrOS. The van der Waals surface area contributed by atoms with Crippen molar-refractivity contribution in [1.29, 1.82) is 0 Å². The van der Waals surface area contributed by atoms with Crippen molar-refractivity contribution in [1.82, 2.24) is 0 Å². The third-order valence-electron chi connectivity index (χ3n) is 3.20. The zero-order valence-electron chi connectivity index (χ0n) is 11.8. The molecule has 0 saturated heterocycles. The number of thiol groups is 1. The maximum Gasteiger partial charge on any atom is 0.119 e. The molecule has 0 bridgehead atoms. The van der Waals surface area contributed by atoms with Gasteiger partial charge < -0.3 is 4.74 Å². The maximum atomic E-state index is 5.76. The molecule has 1 aromatic rings. The van der Waals surface area contributed by atoms with Gasteiger partial charge in [0.15, 0.2) is 0 Å². The van der Waals surface area contributed by atoms with Crippen LogP contribution >= 0.6 is 28.6 Å². The van der Waals surface area contributed by atoms with Gasteiger partial charge in [0.1, 0.15) is 5.75 Å². The molecule has 0 spiro atoms. The van der Waals surface area contributed by atoms with Crippen molar-refractivity contribution >= 4 is 28.6 Å². The Balaban J connectivity index is 2.00. The summed E-state index contributed by atoms with van der Waals surface area (Å²) in [6, 6.07) is 6.15. The first-order valence-electron chi connectivity index (χ1n) is 7.24. The summed E-state index contributed by atoms with van der Waals surface area (Å²) in [5, 5.41) is 0. The van der Waals surface area contributed by atoms with Gasteiger partial charge in [-0.05, 0) is 49.3 Å². The van der Waals surface area contributed by atoms with E-state index in [1.54, 1.807) is 0 Å². The molecule has 0 atom stereocenters. The smallest absolute Gasteiger partial charge is 0.119 e. The molecule has 3 heteroatoms. The van der Waals surface area contributed by atoms with Crippen molar-refractivity contribution in [3.8, 4) is 5.75 Å². The molecular weight excluding hydrogens is 320 g/mol. The van der Waals surface area contributed by atoms with Crippen LogP contribution in [-0.4, -0.2) is 12.4 Å². The number of halogens is 1. The zero-order chi connectivity index (χ0) is 13.9. The lowest BCUT2D eigenvalue weighted by atomic mass is 10.1. The lowest BCUT2D eigenvalue weighted by Gasteiger charge is -2.07. The molecule has 108 valence electrons. The molecule has 19 heavy (non-hydrogen) atoms. The molecule has 0 N–H and O–H groups in total. The van der Waals surface area contributed by atoms with Crippen molar-refractivity contribution in [3.05, 3.63) is 28.2 Å². The van der Waals surface area contributed by atoms with E-state index in [0.717, 1.165) is 29.0 Å². The normalized spacial score (nSPS) is 10.7. The van der Waals surface area contributed by atoms with E-state index in [4.69, 9.17) is 4.74 Å². The molecule has 0 unspecified atom stereocenters. The molecule has 0 aliphatic heterocycles. The highest BCUT2D eigenvalue weighted by atomic mass is 79.9. The molecule has 1 nitrogen and oxygen atoms in total. The molecule has 1 aromatic carbocycles. The van der Waals surface area contributed by atoms with E-state index < -0.39 is 0 Å². The van der Waals surface area contributed by atoms with Gasteiger partial charge in [-0.1, -0.05) is 48.0 Å². The second kappa shape index (κ2) is 10.6. The third-order valence-corrected chi connectivity index (χ3v) is 4.41. The van der Waals surface area contributed by atoms with Gasteiger partial charge in [0.25, 0.3) is 0 Å². The average molecular weight is 345 g/mol. The fraction of sp³-hybridized carbons (Fsp3) is 0.625. The van der Waals surface area contributed by atoms with E-state index in [1.165, 1.54) is 44.1 Å². The van der Waals surface area contributed by atoms with Crippen LogP contribution < -0.4 is 4.74 Å². The van der Waals surface area contributed by atoms with E-state index in [1.807, 2.05) is 12.1 Å². The first kappa shape index (κ1) is 16.9. The van der Waals surface area contributed by atoms with Gasteiger partial charge in [-0.2, -0.15) is 12.6 Å². The third kappa shape index (κ3) is 7.88. The van der Waals surface area contributed by atoms with Gasteiger partial charge >= 0.3 is 0 Å². The molecule has 1 rings (SSSR count). The van der Waals surface area contributed by atoms with Crippen LogP contribution in [0.3, 0.4) is 0 Å². The summed E-state index contributed by atoms with van der Waals surface area (Å²) in [6.45, 7) is 2.92. The second-order valence-electron chi connectivity index (χ2n) is 4.96. The Morgan fingerprint density at radius 1 is 1.00 bits per heavy atom. The monoisotopic (exact) mass is 344 g/mol. The standard InChI is InChI=1S/C16H25BrOS/c1-14-13-15(9-10-16(14)17)18-11-7-5-3-2-4-6-8-12-19/h9-10,13,19H,2-8,11-12H2,1H3. The van der Waals surface area contributed by atoms with Crippen molar-refractivity contribution in [3.63, 3.8) is 0 Å². The van der Waals surface area contributed by atoms with Gasteiger partial charge in [0.2, 0.25) is 0 Å². The van der Waals surface area contributed by atoms with Gasteiger partial charge in [-0.25, -0.2) is 0 Å². The van der Waals surface area contributed by atoms with Gasteiger partial charge in [-0.3, -0.25) is 0 Å². The summed E-state index contributed by atoms with van der Waals surface area (Å²) in [5.74, 6) is 2.01. The molecule has 0 aromatic heterocycles. The summed E-state index contributed by atoms with van der Waals surface area (Å²) < 4.78 is 6.90. The minimum atomic E-state index is 0.831. The fourth-order valence-corrected chi connectivity index (χ4v) is 2.46. The lowest BCUT2D eigenvalue weighted by Crippen LogP contribution is -1.97. The Morgan fingerprint density at radius 3 is 2.26 bits per heavy atom. The van der Waals surface area contributed by atoms with Gasteiger partial charge in [0.05, 0.1) is 6.61 Å². The topological polar surface area (TPSA) is 9.23 Å². The van der Waals surface area contributed by atoms with Crippen molar-refractivity contribution in [2.75, 3.05) is 12.4 Å². The van der Waals surface area contributed by atoms with E-state index >= 15 is 0 Å². The minimum absolute atomic E-state index is 0.831. The predicted molar refractivity (Wildman–Crippen MR) is 90.5 cm³/mol. The summed E-state index contributed by atoms with van der Waals surface area (Å²) in [7, 11) is 0. The quantitative estimate of drug-likeness (QED) is 0.417. The van der Waals surface area contributed by atoms with Crippen LogP contribution in [0.1, 0.15) is 50.5 Å². The maximum absolute atomic E-state index is 5.76. The number of aryl methyl sites for hydroxylation is 1. The molecule has 0 heterocycles. The SMILES string of the molecule is Cc1cc(OCCCCCCCCCS)ccc1Br.